The Morgan fingerprint density at radius 3 is 2.57 bits per heavy atom. The minimum atomic E-state index is -0.702. The van der Waals surface area contributed by atoms with Crippen LogP contribution in [0.2, 0.25) is 0 Å². The van der Waals surface area contributed by atoms with Crippen molar-refractivity contribution in [2.45, 2.75) is 38.3 Å². The molecule has 1 fully saturated rings. The number of halogens is 1. The minimum Gasteiger partial charge on any atom is -0.481 e. The maximum atomic E-state index is 10.9. The molecule has 2 rings (SSSR count). The lowest BCUT2D eigenvalue weighted by Gasteiger charge is -2.27. The molecule has 114 valence electrons. The fourth-order valence-corrected chi connectivity index (χ4v) is 3.10. The highest BCUT2D eigenvalue weighted by Crippen LogP contribution is 2.26. The summed E-state index contributed by atoms with van der Waals surface area (Å²) >= 11 is 3.35. The van der Waals surface area contributed by atoms with Crippen LogP contribution < -0.4 is 5.32 Å². The molecule has 1 aromatic carbocycles. The Hall–Kier alpha value is -1.47. The molecule has 21 heavy (non-hydrogen) atoms. The van der Waals surface area contributed by atoms with Crippen LogP contribution in [0.4, 0.5) is 5.69 Å². The molecule has 0 aromatic heterocycles. The molecule has 1 aromatic rings. The zero-order chi connectivity index (χ0) is 15.4. The first kappa shape index (κ1) is 15.9. The van der Waals surface area contributed by atoms with Gasteiger partial charge in [0.1, 0.15) is 0 Å². The third kappa shape index (κ3) is 4.25. The van der Waals surface area contributed by atoms with E-state index >= 15 is 0 Å². The summed E-state index contributed by atoms with van der Waals surface area (Å²) in [6.45, 7) is 0.612. The predicted octanol–water partition coefficient (Wildman–Crippen LogP) is 3.09. The van der Waals surface area contributed by atoms with Crippen molar-refractivity contribution in [2.75, 3.05) is 0 Å². The molecule has 6 nitrogen and oxygen atoms in total. The van der Waals surface area contributed by atoms with E-state index in [4.69, 9.17) is 5.11 Å². The van der Waals surface area contributed by atoms with Gasteiger partial charge in [-0.1, -0.05) is 15.9 Å². The first-order chi connectivity index (χ1) is 9.97. The van der Waals surface area contributed by atoms with Gasteiger partial charge in [0.25, 0.3) is 5.69 Å². The monoisotopic (exact) mass is 356 g/mol. The second-order valence-corrected chi connectivity index (χ2v) is 6.15. The van der Waals surface area contributed by atoms with Gasteiger partial charge in [0.15, 0.2) is 0 Å². The van der Waals surface area contributed by atoms with Crippen molar-refractivity contribution in [3.63, 3.8) is 0 Å². The Morgan fingerprint density at radius 2 is 2.05 bits per heavy atom. The van der Waals surface area contributed by atoms with Crippen molar-refractivity contribution < 1.29 is 14.8 Å². The second kappa shape index (κ2) is 7.00. The van der Waals surface area contributed by atoms with Crippen LogP contribution in [0.25, 0.3) is 0 Å². The van der Waals surface area contributed by atoms with Crippen LogP contribution in [0.1, 0.15) is 31.2 Å². The predicted molar refractivity (Wildman–Crippen MR) is 81.0 cm³/mol. The van der Waals surface area contributed by atoms with Gasteiger partial charge in [-0.05, 0) is 37.3 Å². The molecular weight excluding hydrogens is 340 g/mol. The fourth-order valence-electron chi connectivity index (χ4n) is 2.59. The van der Waals surface area contributed by atoms with E-state index in [1.165, 1.54) is 12.1 Å². The molecule has 0 spiro atoms. The van der Waals surface area contributed by atoms with Crippen LogP contribution in [0.5, 0.6) is 0 Å². The van der Waals surface area contributed by atoms with Gasteiger partial charge >= 0.3 is 5.97 Å². The first-order valence-electron chi connectivity index (χ1n) is 6.86. The molecule has 1 aliphatic carbocycles. The molecule has 1 aliphatic rings. The number of nitrogens with one attached hydrogen (secondary N) is 1. The second-order valence-electron chi connectivity index (χ2n) is 5.30. The highest BCUT2D eigenvalue weighted by molar-refractivity contribution is 9.10. The van der Waals surface area contributed by atoms with Gasteiger partial charge in [-0.25, -0.2) is 0 Å². The number of nitro groups is 1. The Morgan fingerprint density at radius 1 is 1.38 bits per heavy atom. The van der Waals surface area contributed by atoms with Crippen molar-refractivity contribution in [1.82, 2.24) is 5.32 Å². The molecule has 0 aliphatic heterocycles. The zero-order valence-corrected chi connectivity index (χ0v) is 13.0. The summed E-state index contributed by atoms with van der Waals surface area (Å²) in [6, 6.07) is 5.03. The van der Waals surface area contributed by atoms with Crippen LogP contribution in [0, 0.1) is 16.0 Å². The Kier molecular flexibility index (Phi) is 5.30. The van der Waals surface area contributed by atoms with E-state index in [2.05, 4.69) is 21.2 Å². The van der Waals surface area contributed by atoms with E-state index in [0.717, 1.165) is 18.4 Å². The van der Waals surface area contributed by atoms with E-state index in [1.807, 2.05) is 0 Å². The van der Waals surface area contributed by atoms with Gasteiger partial charge in [-0.3, -0.25) is 14.9 Å². The van der Waals surface area contributed by atoms with E-state index < -0.39 is 10.9 Å². The number of nitro benzene ring substituents is 1. The SMILES string of the molecule is O=C(O)C1CCC(NCc2ccc([N+](=O)[O-])cc2Br)CC1. The van der Waals surface area contributed by atoms with E-state index in [9.17, 15) is 14.9 Å². The van der Waals surface area contributed by atoms with Crippen LogP contribution in [0.15, 0.2) is 22.7 Å². The van der Waals surface area contributed by atoms with Crippen molar-refractivity contribution in [2.24, 2.45) is 5.92 Å². The maximum absolute atomic E-state index is 10.9. The lowest BCUT2D eigenvalue weighted by atomic mass is 9.86. The van der Waals surface area contributed by atoms with Gasteiger partial charge in [0.2, 0.25) is 0 Å². The van der Waals surface area contributed by atoms with Crippen molar-refractivity contribution in [1.29, 1.82) is 0 Å². The number of nitrogens with zero attached hydrogens (tertiary/aromatic N) is 1. The molecule has 0 radical (unpaired) electrons. The summed E-state index contributed by atoms with van der Waals surface area (Å²) in [4.78, 5) is 21.1. The van der Waals surface area contributed by atoms with Gasteiger partial charge in [0.05, 0.1) is 10.8 Å². The van der Waals surface area contributed by atoms with Crippen molar-refractivity contribution in [3.05, 3.63) is 38.3 Å². The maximum Gasteiger partial charge on any atom is 0.306 e. The summed E-state index contributed by atoms with van der Waals surface area (Å²) in [5, 5.41) is 23.0. The van der Waals surface area contributed by atoms with Crippen LogP contribution in [-0.2, 0) is 11.3 Å². The Balaban J connectivity index is 1.87. The topological polar surface area (TPSA) is 92.5 Å². The number of carboxylic acid groups (broad SMARTS) is 1. The van der Waals surface area contributed by atoms with E-state index in [0.29, 0.717) is 29.9 Å². The van der Waals surface area contributed by atoms with Crippen molar-refractivity contribution in [3.8, 4) is 0 Å². The van der Waals surface area contributed by atoms with E-state index in [1.54, 1.807) is 6.07 Å². The molecular formula is C14H17BrN2O4. The molecule has 0 heterocycles. The lowest BCUT2D eigenvalue weighted by molar-refractivity contribution is -0.384. The molecule has 1 saturated carbocycles. The Bertz CT molecular complexity index is 542. The largest absolute Gasteiger partial charge is 0.481 e. The standard InChI is InChI=1S/C14H17BrN2O4/c15-13-7-12(17(20)21)6-3-10(13)8-16-11-4-1-9(2-5-11)14(18)19/h3,6-7,9,11,16H,1-2,4-5,8H2,(H,18,19). The quantitative estimate of drug-likeness (QED) is 0.624. The summed E-state index contributed by atoms with van der Waals surface area (Å²) in [6.07, 6.45) is 3.10. The van der Waals surface area contributed by atoms with Crippen molar-refractivity contribution >= 4 is 27.6 Å². The molecule has 0 bridgehead atoms. The van der Waals surface area contributed by atoms with Crippen LogP contribution in [-0.4, -0.2) is 22.0 Å². The number of hydrogen-bond donors (Lipinski definition) is 2. The van der Waals surface area contributed by atoms with Gasteiger partial charge < -0.3 is 10.4 Å². The molecule has 7 heteroatoms. The normalized spacial score (nSPS) is 22.0. The third-order valence-electron chi connectivity index (χ3n) is 3.91. The highest BCUT2D eigenvalue weighted by atomic mass is 79.9. The molecule has 0 amide bonds. The number of non-ortho nitro benzene ring substituents is 1. The minimum absolute atomic E-state index is 0.0626. The molecule has 0 saturated heterocycles. The first-order valence-corrected chi connectivity index (χ1v) is 7.65. The number of carbonyl (C=O) groups is 1. The zero-order valence-electron chi connectivity index (χ0n) is 11.4. The summed E-state index contributed by atoms with van der Waals surface area (Å²) in [7, 11) is 0. The third-order valence-corrected chi connectivity index (χ3v) is 4.64. The smallest absolute Gasteiger partial charge is 0.306 e. The highest BCUT2D eigenvalue weighted by Gasteiger charge is 2.25. The number of carboxylic acids is 1. The molecule has 0 atom stereocenters. The van der Waals surface area contributed by atoms with Gasteiger partial charge in [0, 0.05) is 29.2 Å². The summed E-state index contributed by atoms with van der Waals surface area (Å²) < 4.78 is 0.712. The van der Waals surface area contributed by atoms with E-state index in [-0.39, 0.29) is 11.6 Å². The van der Waals surface area contributed by atoms with Gasteiger partial charge in [-0.2, -0.15) is 0 Å². The summed E-state index contributed by atoms with van der Waals surface area (Å²) in [5.41, 5.74) is 1.02. The molecule has 2 N–H and O–H groups in total. The number of hydrogen-bond acceptors (Lipinski definition) is 4. The average molecular weight is 357 g/mol. The number of benzene rings is 1. The van der Waals surface area contributed by atoms with Crippen LogP contribution in [0.3, 0.4) is 0 Å². The van der Waals surface area contributed by atoms with Gasteiger partial charge in [-0.15, -0.1) is 0 Å². The fraction of sp³-hybridized carbons (Fsp3) is 0.500. The molecule has 0 unspecified atom stereocenters. The number of rotatable bonds is 5. The lowest BCUT2D eigenvalue weighted by Crippen LogP contribution is -2.34. The number of aliphatic carboxylic acids is 1. The average Bonchev–Trinajstić information content (AvgIpc) is 2.46. The van der Waals surface area contributed by atoms with Crippen LogP contribution >= 0.6 is 15.9 Å². The summed E-state index contributed by atoms with van der Waals surface area (Å²) in [5.74, 6) is -0.916. The Labute approximate surface area is 130 Å².